The third-order valence-corrected chi connectivity index (χ3v) is 17.8. The van der Waals surface area contributed by atoms with Crippen LogP contribution >= 0.6 is 11.6 Å². The molecule has 3 fully saturated rings. The molecule has 3 saturated carbocycles. The van der Waals surface area contributed by atoms with Crippen molar-refractivity contribution in [3.8, 4) is 11.5 Å². The number of likely N-dealkylation sites (N-methyl/N-ethyl adjacent to an activating group) is 1. The number of ether oxygens (including phenoxy) is 3. The molecular formula is C66H89ClFN7O9. The second-order valence-corrected chi connectivity index (χ2v) is 23.8. The van der Waals surface area contributed by atoms with Crippen molar-refractivity contribution < 1.29 is 47.4 Å². The van der Waals surface area contributed by atoms with E-state index in [-0.39, 0.29) is 81.5 Å². The van der Waals surface area contributed by atoms with Crippen LogP contribution in [0, 0.1) is 17.7 Å². The first-order valence-electron chi connectivity index (χ1n) is 30.3. The predicted molar refractivity (Wildman–Crippen MR) is 323 cm³/mol. The van der Waals surface area contributed by atoms with E-state index in [0.717, 1.165) is 87.3 Å². The van der Waals surface area contributed by atoms with Crippen LogP contribution in [0.5, 0.6) is 11.5 Å². The maximum absolute atomic E-state index is 15.5. The van der Waals surface area contributed by atoms with Gasteiger partial charge in [0.15, 0.2) is 11.5 Å². The highest BCUT2D eigenvalue weighted by Gasteiger charge is 2.39. The summed E-state index contributed by atoms with van der Waals surface area (Å²) in [5.74, 6) is -1.93. The largest absolute Gasteiger partial charge is 0.493 e. The molecule has 1 unspecified atom stereocenters. The van der Waals surface area contributed by atoms with E-state index >= 15 is 14.4 Å². The van der Waals surface area contributed by atoms with Crippen LogP contribution in [-0.2, 0) is 59.5 Å². The number of benzene rings is 4. The van der Waals surface area contributed by atoms with E-state index < -0.39 is 54.7 Å². The summed E-state index contributed by atoms with van der Waals surface area (Å²) < 4.78 is 32.4. The number of nitrogens with zero attached hydrogens (tertiary/aromatic N) is 6. The van der Waals surface area contributed by atoms with Crippen molar-refractivity contribution in [2.45, 2.75) is 148 Å². The fourth-order valence-corrected chi connectivity index (χ4v) is 12.7. The van der Waals surface area contributed by atoms with Crippen LogP contribution in [0.3, 0.4) is 0 Å². The van der Waals surface area contributed by atoms with E-state index in [9.17, 15) is 18.8 Å². The molecule has 16 nitrogen and oxygen atoms in total. The minimum Gasteiger partial charge on any atom is -0.493 e. The standard InChI is InChI=1S/C66H89ClFN7O9/c1-47(52-20-11-7-12-21-52)73(64(79)41-70(3)39-54-24-15-16-25-56(54)68)44-62(77)71(36-34-49-28-31-55(67)32-29-49)42-65(80)74(48(2)53-22-13-8-14-23-53)45-63(78)72(37-35-50-30-33-59(82-4)60(38-50)83-5)43-66(81)75(40-61(69)76)57-26-17-27-58(57)84-46-51-18-9-6-10-19-51/h6,9-10,15-16,18-19,24-25,28-33,38,47-48,52-53,57-58H,7-8,11-14,17,20-23,26-27,34-37,39-46H2,1-5H3,(H2,69,76)/t47-,48-,57?,58+/m1/s1. The number of amides is 6. The zero-order valence-electron chi connectivity index (χ0n) is 50.1. The molecule has 0 bridgehead atoms. The molecule has 6 amide bonds. The van der Waals surface area contributed by atoms with Gasteiger partial charge in [-0.05, 0) is 138 Å². The second-order valence-electron chi connectivity index (χ2n) is 23.4. The molecule has 4 atom stereocenters. The van der Waals surface area contributed by atoms with Gasteiger partial charge in [-0.25, -0.2) is 4.39 Å². The number of methoxy groups -OCH3 is 2. The molecule has 0 aromatic heterocycles. The maximum Gasteiger partial charge on any atom is 0.243 e. The van der Waals surface area contributed by atoms with Gasteiger partial charge in [-0.15, -0.1) is 0 Å². The first-order valence-corrected chi connectivity index (χ1v) is 30.6. The van der Waals surface area contributed by atoms with Gasteiger partial charge in [0.2, 0.25) is 35.4 Å². The molecule has 0 heterocycles. The fraction of sp³-hybridized carbons (Fsp3) is 0.545. The number of nitrogens with two attached hydrogens (primary N) is 1. The Hall–Kier alpha value is -6.56. The second kappa shape index (κ2) is 32.6. The Labute approximate surface area is 502 Å². The van der Waals surface area contributed by atoms with Gasteiger partial charge in [0, 0.05) is 42.3 Å². The summed E-state index contributed by atoms with van der Waals surface area (Å²) in [6.45, 7) is 2.74. The van der Waals surface area contributed by atoms with E-state index in [0.29, 0.717) is 54.4 Å². The number of carbonyl (C=O) groups excluding carboxylic acids is 6. The Bertz CT molecular complexity index is 2780. The first kappa shape index (κ1) is 65.0. The maximum atomic E-state index is 15.5. The van der Waals surface area contributed by atoms with Crippen molar-refractivity contribution in [3.05, 3.63) is 130 Å². The minimum absolute atomic E-state index is 0.0580. The molecule has 84 heavy (non-hydrogen) atoms. The highest BCUT2D eigenvalue weighted by Crippen LogP contribution is 2.33. The third kappa shape index (κ3) is 19.0. The van der Waals surface area contributed by atoms with Crippen LogP contribution in [0.1, 0.15) is 120 Å². The minimum atomic E-state index is -0.698. The fourth-order valence-electron chi connectivity index (χ4n) is 12.5. The summed E-state index contributed by atoms with van der Waals surface area (Å²) in [5, 5.41) is 0.556. The highest BCUT2D eigenvalue weighted by molar-refractivity contribution is 6.30. The van der Waals surface area contributed by atoms with E-state index in [1.165, 1.54) is 20.8 Å². The monoisotopic (exact) mass is 1180 g/mol. The molecule has 0 radical (unpaired) electrons. The number of rotatable bonds is 30. The molecule has 2 N–H and O–H groups in total. The van der Waals surface area contributed by atoms with Crippen LogP contribution in [0.15, 0.2) is 97.1 Å². The molecule has 3 aliphatic carbocycles. The van der Waals surface area contributed by atoms with E-state index in [1.807, 2.05) is 68.4 Å². The van der Waals surface area contributed by atoms with Gasteiger partial charge in [-0.2, -0.15) is 0 Å². The molecule has 0 saturated heterocycles. The average molecular weight is 1180 g/mol. The van der Waals surface area contributed by atoms with E-state index in [2.05, 4.69) is 0 Å². The topological polar surface area (TPSA) is 176 Å². The number of hydrogen-bond donors (Lipinski definition) is 1. The van der Waals surface area contributed by atoms with Crippen molar-refractivity contribution in [2.75, 3.05) is 73.6 Å². The molecule has 0 aliphatic heterocycles. The Balaban J connectivity index is 1.18. The molecule has 0 spiro atoms. The zero-order valence-corrected chi connectivity index (χ0v) is 50.8. The third-order valence-electron chi connectivity index (χ3n) is 17.5. The number of primary amides is 1. The summed E-state index contributed by atoms with van der Waals surface area (Å²) in [4.78, 5) is 97.9. The molecule has 7 rings (SSSR count). The molecular weight excluding hydrogens is 1090 g/mol. The van der Waals surface area contributed by atoms with Crippen LogP contribution in [0.4, 0.5) is 4.39 Å². The number of hydrogen-bond acceptors (Lipinski definition) is 10. The average Bonchev–Trinajstić information content (AvgIpc) is 4.14. The predicted octanol–water partition coefficient (Wildman–Crippen LogP) is 9.12. The van der Waals surface area contributed by atoms with Crippen molar-refractivity contribution >= 4 is 47.0 Å². The van der Waals surface area contributed by atoms with E-state index in [4.69, 9.17) is 31.5 Å². The number of halogens is 2. The zero-order chi connectivity index (χ0) is 60.1. The van der Waals surface area contributed by atoms with Crippen LogP contribution in [-0.4, -0.2) is 163 Å². The van der Waals surface area contributed by atoms with Gasteiger partial charge >= 0.3 is 0 Å². The summed E-state index contributed by atoms with van der Waals surface area (Å²) in [6.07, 6.45) is 11.9. The summed E-state index contributed by atoms with van der Waals surface area (Å²) in [5.41, 5.74) is 8.98. The van der Waals surface area contributed by atoms with Gasteiger partial charge in [0.05, 0.1) is 59.2 Å². The lowest BCUT2D eigenvalue weighted by Crippen LogP contribution is -2.56. The molecule has 456 valence electrons. The lowest BCUT2D eigenvalue weighted by atomic mass is 9.84. The van der Waals surface area contributed by atoms with Crippen LogP contribution in [0.2, 0.25) is 5.02 Å². The molecule has 3 aliphatic rings. The first-order chi connectivity index (χ1) is 40.5. The summed E-state index contributed by atoms with van der Waals surface area (Å²) >= 11 is 6.30. The lowest BCUT2D eigenvalue weighted by Gasteiger charge is -2.40. The van der Waals surface area contributed by atoms with Gasteiger partial charge in [0.25, 0.3) is 0 Å². The number of carbonyl (C=O) groups is 6. The van der Waals surface area contributed by atoms with Crippen molar-refractivity contribution in [2.24, 2.45) is 17.6 Å². The van der Waals surface area contributed by atoms with E-state index in [1.54, 1.807) is 72.4 Å². The van der Waals surface area contributed by atoms with Gasteiger partial charge < -0.3 is 44.4 Å². The van der Waals surface area contributed by atoms with Gasteiger partial charge in [-0.1, -0.05) is 117 Å². The smallest absolute Gasteiger partial charge is 0.243 e. The summed E-state index contributed by atoms with van der Waals surface area (Å²) in [6, 6.07) is 27.8. The van der Waals surface area contributed by atoms with Crippen molar-refractivity contribution in [1.82, 2.24) is 29.4 Å². The lowest BCUT2D eigenvalue weighted by molar-refractivity contribution is -0.151. The normalized spacial score (nSPS) is 17.2. The summed E-state index contributed by atoms with van der Waals surface area (Å²) in [7, 11) is 4.85. The van der Waals surface area contributed by atoms with Crippen molar-refractivity contribution in [3.63, 3.8) is 0 Å². The quantitative estimate of drug-likeness (QED) is 0.0530. The Kier molecular flexibility index (Phi) is 25.3. The molecule has 4 aromatic rings. The van der Waals surface area contributed by atoms with Crippen molar-refractivity contribution in [1.29, 1.82) is 0 Å². The molecule has 4 aromatic carbocycles. The SMILES string of the molecule is COc1ccc(CCN(CC(=O)N(CC(N)=O)C2CCC[C@@H]2OCc2ccccc2)C(=O)CN(C(=O)CN(CCc2ccc(Cl)cc2)C(=O)CN(C(=O)CN(C)Cc2ccccc2F)[C@H](C)C2CCCCC2)[C@H](C)C2CCCCC2)cc1OC. The van der Waals surface area contributed by atoms with Crippen LogP contribution in [0.25, 0.3) is 0 Å². The Morgan fingerprint density at radius 3 is 1.68 bits per heavy atom. The Morgan fingerprint density at radius 2 is 1.11 bits per heavy atom. The van der Waals surface area contributed by atoms with Gasteiger partial charge in [0.1, 0.15) is 18.9 Å². The highest BCUT2D eigenvalue weighted by atomic mass is 35.5. The molecule has 18 heteroatoms. The Morgan fingerprint density at radius 1 is 0.571 bits per heavy atom. The van der Waals surface area contributed by atoms with Crippen LogP contribution < -0.4 is 15.2 Å². The van der Waals surface area contributed by atoms with Gasteiger partial charge in [-0.3, -0.25) is 33.7 Å².